The van der Waals surface area contributed by atoms with E-state index in [1.54, 1.807) is 44.5 Å². The molecule has 1 amide bonds. The summed E-state index contributed by atoms with van der Waals surface area (Å²) in [5.74, 6) is 0.437. The highest BCUT2D eigenvalue weighted by Gasteiger charge is 2.17. The molecule has 5 nitrogen and oxygen atoms in total. The van der Waals surface area contributed by atoms with Gasteiger partial charge in [-0.3, -0.25) is 9.59 Å². The molecule has 0 radical (unpaired) electrons. The number of rotatable bonds is 8. The lowest BCUT2D eigenvalue weighted by Crippen LogP contribution is -2.31. The van der Waals surface area contributed by atoms with Gasteiger partial charge in [-0.25, -0.2) is 0 Å². The zero-order valence-electron chi connectivity index (χ0n) is 15.4. The van der Waals surface area contributed by atoms with Gasteiger partial charge >= 0.3 is 0 Å². The summed E-state index contributed by atoms with van der Waals surface area (Å²) >= 11 is 0. The summed E-state index contributed by atoms with van der Waals surface area (Å²) in [6, 6.07) is 14.5. The number of aryl methyl sites for hydroxylation is 1. The van der Waals surface area contributed by atoms with Crippen molar-refractivity contribution in [3.05, 3.63) is 65.2 Å². The third-order valence-electron chi connectivity index (χ3n) is 4.36. The van der Waals surface area contributed by atoms with Crippen molar-refractivity contribution < 1.29 is 19.4 Å². The van der Waals surface area contributed by atoms with E-state index in [0.717, 1.165) is 5.56 Å². The SMILES string of the molecule is COc1cccc(C(O)CN(C)C(=O)CCC(=O)c2ccccc2C)c1. The minimum Gasteiger partial charge on any atom is -0.497 e. The van der Waals surface area contributed by atoms with Crippen molar-refractivity contribution >= 4 is 11.7 Å². The Labute approximate surface area is 154 Å². The van der Waals surface area contributed by atoms with Crippen LogP contribution in [0.2, 0.25) is 0 Å². The molecule has 0 saturated carbocycles. The lowest BCUT2D eigenvalue weighted by atomic mass is 10.0. The number of carbonyl (C=O) groups excluding carboxylic acids is 2. The molecule has 0 fully saturated rings. The number of hydrogen-bond acceptors (Lipinski definition) is 4. The third kappa shape index (κ3) is 5.17. The third-order valence-corrected chi connectivity index (χ3v) is 4.36. The molecule has 0 aliphatic heterocycles. The van der Waals surface area contributed by atoms with Gasteiger partial charge in [-0.2, -0.15) is 0 Å². The number of nitrogens with zero attached hydrogens (tertiary/aromatic N) is 1. The Bertz CT molecular complexity index is 772. The first kappa shape index (κ1) is 19.7. The summed E-state index contributed by atoms with van der Waals surface area (Å²) in [6.45, 7) is 2.04. The predicted octanol–water partition coefficient (Wildman–Crippen LogP) is 3.16. The number of ketones is 1. The largest absolute Gasteiger partial charge is 0.497 e. The molecule has 2 aromatic carbocycles. The van der Waals surface area contributed by atoms with Crippen LogP contribution in [0, 0.1) is 6.92 Å². The lowest BCUT2D eigenvalue weighted by Gasteiger charge is -2.21. The number of ether oxygens (including phenoxy) is 1. The highest BCUT2D eigenvalue weighted by molar-refractivity contribution is 5.99. The lowest BCUT2D eigenvalue weighted by molar-refractivity contribution is -0.131. The molecule has 26 heavy (non-hydrogen) atoms. The summed E-state index contributed by atoms with van der Waals surface area (Å²) in [5, 5.41) is 10.3. The zero-order valence-corrected chi connectivity index (χ0v) is 15.4. The van der Waals surface area contributed by atoms with E-state index in [2.05, 4.69) is 0 Å². The molecule has 0 spiro atoms. The molecule has 1 unspecified atom stereocenters. The zero-order chi connectivity index (χ0) is 19.1. The Kier molecular flexibility index (Phi) is 6.92. The van der Waals surface area contributed by atoms with Crippen LogP contribution in [-0.2, 0) is 4.79 Å². The van der Waals surface area contributed by atoms with Gasteiger partial charge in [0, 0.05) is 25.5 Å². The molecular weight excluding hydrogens is 330 g/mol. The van der Waals surface area contributed by atoms with Crippen LogP contribution in [0.1, 0.15) is 40.4 Å². The average molecular weight is 355 g/mol. The highest BCUT2D eigenvalue weighted by atomic mass is 16.5. The molecule has 1 atom stereocenters. The van der Waals surface area contributed by atoms with E-state index in [1.807, 2.05) is 25.1 Å². The first-order valence-corrected chi connectivity index (χ1v) is 8.57. The normalized spacial score (nSPS) is 11.7. The minimum atomic E-state index is -0.814. The molecule has 2 aromatic rings. The Morgan fingerprint density at radius 1 is 1.12 bits per heavy atom. The molecule has 2 rings (SSSR count). The fraction of sp³-hybridized carbons (Fsp3) is 0.333. The maximum Gasteiger partial charge on any atom is 0.222 e. The number of aliphatic hydroxyl groups excluding tert-OH is 1. The summed E-state index contributed by atoms with van der Waals surface area (Å²) in [5.41, 5.74) is 2.24. The standard InChI is InChI=1S/C21H25NO4/c1-15-7-4-5-10-18(15)19(23)11-12-21(25)22(2)14-20(24)16-8-6-9-17(13-16)26-3/h4-10,13,20,24H,11-12,14H2,1-3H3. The number of amides is 1. The maximum atomic E-state index is 12.3. The molecule has 0 saturated heterocycles. The van der Waals surface area contributed by atoms with E-state index in [9.17, 15) is 14.7 Å². The topological polar surface area (TPSA) is 66.8 Å². The van der Waals surface area contributed by atoms with Crippen LogP contribution in [0.3, 0.4) is 0 Å². The van der Waals surface area contributed by atoms with Gasteiger partial charge in [0.15, 0.2) is 5.78 Å². The van der Waals surface area contributed by atoms with Crippen LogP contribution in [0.4, 0.5) is 0 Å². The Balaban J connectivity index is 1.89. The molecule has 0 aromatic heterocycles. The molecule has 1 N–H and O–H groups in total. The van der Waals surface area contributed by atoms with Crippen molar-refractivity contribution in [3.63, 3.8) is 0 Å². The molecular formula is C21H25NO4. The summed E-state index contributed by atoms with van der Waals surface area (Å²) in [4.78, 5) is 26.0. The van der Waals surface area contributed by atoms with E-state index in [-0.39, 0.29) is 31.1 Å². The van der Waals surface area contributed by atoms with E-state index < -0.39 is 6.10 Å². The fourth-order valence-corrected chi connectivity index (χ4v) is 2.75. The molecule has 0 aliphatic rings. The number of hydrogen-bond donors (Lipinski definition) is 1. The van der Waals surface area contributed by atoms with Crippen LogP contribution in [0.15, 0.2) is 48.5 Å². The van der Waals surface area contributed by atoms with Crippen molar-refractivity contribution in [1.29, 1.82) is 0 Å². The Morgan fingerprint density at radius 2 is 1.85 bits per heavy atom. The van der Waals surface area contributed by atoms with E-state index in [0.29, 0.717) is 16.9 Å². The first-order chi connectivity index (χ1) is 12.4. The quantitative estimate of drug-likeness (QED) is 0.739. The first-order valence-electron chi connectivity index (χ1n) is 8.57. The van der Waals surface area contributed by atoms with Gasteiger partial charge in [0.25, 0.3) is 0 Å². The Morgan fingerprint density at radius 3 is 2.54 bits per heavy atom. The number of Topliss-reactive ketones (excluding diaryl/α,β-unsaturated/α-hetero) is 1. The van der Waals surface area contributed by atoms with Gasteiger partial charge in [0.2, 0.25) is 5.91 Å². The Hall–Kier alpha value is -2.66. The second-order valence-electron chi connectivity index (χ2n) is 6.30. The van der Waals surface area contributed by atoms with E-state index >= 15 is 0 Å². The van der Waals surface area contributed by atoms with E-state index in [4.69, 9.17) is 4.74 Å². The van der Waals surface area contributed by atoms with Crippen molar-refractivity contribution in [2.45, 2.75) is 25.9 Å². The summed E-state index contributed by atoms with van der Waals surface area (Å²) in [6.07, 6.45) is -0.538. The smallest absolute Gasteiger partial charge is 0.222 e. The van der Waals surface area contributed by atoms with Crippen molar-refractivity contribution in [3.8, 4) is 5.75 Å². The van der Waals surface area contributed by atoms with Gasteiger partial charge in [-0.05, 0) is 30.2 Å². The number of carbonyl (C=O) groups is 2. The van der Waals surface area contributed by atoms with Crippen LogP contribution in [-0.4, -0.2) is 42.4 Å². The van der Waals surface area contributed by atoms with Gasteiger partial charge < -0.3 is 14.7 Å². The monoisotopic (exact) mass is 355 g/mol. The van der Waals surface area contributed by atoms with Crippen LogP contribution in [0.5, 0.6) is 5.75 Å². The maximum absolute atomic E-state index is 12.3. The van der Waals surface area contributed by atoms with Crippen molar-refractivity contribution in [1.82, 2.24) is 4.90 Å². The fourth-order valence-electron chi connectivity index (χ4n) is 2.75. The number of benzene rings is 2. The van der Waals surface area contributed by atoms with Crippen molar-refractivity contribution in [2.75, 3.05) is 20.7 Å². The van der Waals surface area contributed by atoms with Gasteiger partial charge in [-0.1, -0.05) is 36.4 Å². The highest BCUT2D eigenvalue weighted by Crippen LogP contribution is 2.20. The summed E-state index contributed by atoms with van der Waals surface area (Å²) < 4.78 is 5.14. The molecule has 5 heteroatoms. The van der Waals surface area contributed by atoms with Crippen molar-refractivity contribution in [2.24, 2.45) is 0 Å². The van der Waals surface area contributed by atoms with Crippen LogP contribution < -0.4 is 4.74 Å². The number of methoxy groups -OCH3 is 1. The second-order valence-corrected chi connectivity index (χ2v) is 6.30. The molecule has 0 bridgehead atoms. The van der Waals surface area contributed by atoms with Crippen LogP contribution in [0.25, 0.3) is 0 Å². The van der Waals surface area contributed by atoms with E-state index in [1.165, 1.54) is 4.90 Å². The predicted molar refractivity (Wildman–Crippen MR) is 100 cm³/mol. The van der Waals surface area contributed by atoms with Gasteiger partial charge in [0.05, 0.1) is 19.8 Å². The summed E-state index contributed by atoms with van der Waals surface area (Å²) in [7, 11) is 3.19. The van der Waals surface area contributed by atoms with Crippen LogP contribution >= 0.6 is 0 Å². The minimum absolute atomic E-state index is 0.0433. The number of likely N-dealkylation sites (N-methyl/N-ethyl adjacent to an activating group) is 1. The second kappa shape index (κ2) is 9.15. The molecule has 138 valence electrons. The number of aliphatic hydroxyl groups is 1. The van der Waals surface area contributed by atoms with Gasteiger partial charge in [0.1, 0.15) is 5.75 Å². The molecule has 0 aliphatic carbocycles. The molecule has 0 heterocycles. The average Bonchev–Trinajstić information content (AvgIpc) is 2.66. The van der Waals surface area contributed by atoms with Gasteiger partial charge in [-0.15, -0.1) is 0 Å².